The number of alkyl halides is 2. The van der Waals surface area contributed by atoms with E-state index in [0.717, 1.165) is 23.3 Å². The van der Waals surface area contributed by atoms with Gasteiger partial charge in [-0.15, -0.1) is 11.3 Å². The number of unbranched alkanes of at least 4 members (excludes halogenated alkanes) is 1. The minimum Gasteiger partial charge on any atom is -0.357 e. The second kappa shape index (κ2) is 8.68. The van der Waals surface area contributed by atoms with E-state index in [0.29, 0.717) is 29.2 Å². The Morgan fingerprint density at radius 1 is 1.50 bits per heavy atom. The number of anilines is 1. The van der Waals surface area contributed by atoms with E-state index in [9.17, 15) is 13.6 Å². The maximum Gasteiger partial charge on any atom is 0.255 e. The Kier molecular flexibility index (Phi) is 7.24. The Bertz CT molecular complexity index is 540. The first-order chi connectivity index (χ1) is 10.5. The zero-order valence-electron chi connectivity index (χ0n) is 13.0. The number of hydrogen-bond acceptors (Lipinski definition) is 3. The highest BCUT2D eigenvalue weighted by Crippen LogP contribution is 2.39. The standard InChI is InChI=1S/C16H22F2N2OS/c1-5-7-8-20(9-14(17)18)16-15(12(4)19-10-21)11(3)13(6-2)22-16/h6,10,14H,2,4-5,7-9H2,1,3H3,(H,19,21). The Labute approximate surface area is 134 Å². The molecule has 1 amide bonds. The summed E-state index contributed by atoms with van der Waals surface area (Å²) in [5.41, 5.74) is 2.02. The lowest BCUT2D eigenvalue weighted by Crippen LogP contribution is -2.30. The van der Waals surface area contributed by atoms with Gasteiger partial charge < -0.3 is 10.2 Å². The summed E-state index contributed by atoms with van der Waals surface area (Å²) < 4.78 is 25.8. The third-order valence-electron chi connectivity index (χ3n) is 3.31. The van der Waals surface area contributed by atoms with Gasteiger partial charge in [-0.2, -0.15) is 0 Å². The molecule has 1 aromatic heterocycles. The molecule has 0 aliphatic heterocycles. The second-order valence-electron chi connectivity index (χ2n) is 4.91. The number of carbonyl (C=O) groups excluding carboxylic acids is 1. The molecule has 1 aromatic rings. The van der Waals surface area contributed by atoms with E-state index in [-0.39, 0.29) is 6.54 Å². The predicted molar refractivity (Wildman–Crippen MR) is 90.5 cm³/mol. The molecule has 0 aliphatic carbocycles. The molecule has 1 rings (SSSR count). The normalized spacial score (nSPS) is 10.6. The summed E-state index contributed by atoms with van der Waals surface area (Å²) >= 11 is 1.40. The van der Waals surface area contributed by atoms with E-state index >= 15 is 0 Å². The van der Waals surface area contributed by atoms with Crippen LogP contribution in [0, 0.1) is 6.92 Å². The van der Waals surface area contributed by atoms with Crippen molar-refractivity contribution in [3.63, 3.8) is 0 Å². The van der Waals surface area contributed by atoms with E-state index in [2.05, 4.69) is 18.5 Å². The van der Waals surface area contributed by atoms with Gasteiger partial charge in [0.15, 0.2) is 0 Å². The number of halogens is 2. The number of carbonyl (C=O) groups is 1. The molecule has 22 heavy (non-hydrogen) atoms. The summed E-state index contributed by atoms with van der Waals surface area (Å²) in [5, 5.41) is 3.24. The molecule has 0 bridgehead atoms. The van der Waals surface area contributed by atoms with E-state index in [1.165, 1.54) is 11.3 Å². The predicted octanol–water partition coefficient (Wildman–Crippen LogP) is 4.29. The molecule has 6 heteroatoms. The van der Waals surface area contributed by atoms with Crippen molar-refractivity contribution in [2.75, 3.05) is 18.0 Å². The fourth-order valence-corrected chi connectivity index (χ4v) is 3.44. The Morgan fingerprint density at radius 2 is 2.18 bits per heavy atom. The molecule has 0 saturated heterocycles. The highest BCUT2D eigenvalue weighted by atomic mass is 32.1. The van der Waals surface area contributed by atoms with Crippen molar-refractivity contribution in [1.29, 1.82) is 0 Å². The van der Waals surface area contributed by atoms with Gasteiger partial charge in [0.05, 0.1) is 6.54 Å². The number of rotatable bonds is 10. The van der Waals surface area contributed by atoms with E-state index in [4.69, 9.17) is 0 Å². The average Bonchev–Trinajstić information content (AvgIpc) is 2.80. The molecule has 1 heterocycles. The molecule has 0 radical (unpaired) electrons. The third kappa shape index (κ3) is 4.40. The van der Waals surface area contributed by atoms with E-state index in [1.807, 2.05) is 13.8 Å². The molecule has 1 N–H and O–H groups in total. The summed E-state index contributed by atoms with van der Waals surface area (Å²) in [6.07, 6.45) is 1.55. The zero-order chi connectivity index (χ0) is 16.7. The molecular formula is C16H22F2N2OS. The van der Waals surface area contributed by atoms with Crippen molar-refractivity contribution in [2.45, 2.75) is 33.1 Å². The Hall–Kier alpha value is -1.69. The summed E-state index contributed by atoms with van der Waals surface area (Å²) in [6, 6.07) is 0. The van der Waals surface area contributed by atoms with Gasteiger partial charge in [0.1, 0.15) is 5.00 Å². The highest BCUT2D eigenvalue weighted by Gasteiger charge is 2.22. The molecule has 122 valence electrons. The summed E-state index contributed by atoms with van der Waals surface area (Å²) in [7, 11) is 0. The molecule has 0 aliphatic rings. The van der Waals surface area contributed by atoms with Gasteiger partial charge in [0, 0.05) is 22.7 Å². The minimum atomic E-state index is -2.42. The highest BCUT2D eigenvalue weighted by molar-refractivity contribution is 7.17. The van der Waals surface area contributed by atoms with Gasteiger partial charge in [-0.3, -0.25) is 4.79 Å². The summed E-state index contributed by atoms with van der Waals surface area (Å²) in [6.45, 7) is 11.7. The van der Waals surface area contributed by atoms with Gasteiger partial charge in [-0.25, -0.2) is 8.78 Å². The minimum absolute atomic E-state index is 0.335. The molecule has 0 aromatic carbocycles. The van der Waals surface area contributed by atoms with Crippen molar-refractivity contribution >= 4 is 34.5 Å². The van der Waals surface area contributed by atoms with Crippen molar-refractivity contribution in [2.24, 2.45) is 0 Å². The molecule has 0 saturated carbocycles. The fraction of sp³-hybridized carbons (Fsp3) is 0.438. The molecule has 0 unspecified atom stereocenters. The van der Waals surface area contributed by atoms with Gasteiger partial charge in [-0.05, 0) is 18.9 Å². The first-order valence-electron chi connectivity index (χ1n) is 7.14. The van der Waals surface area contributed by atoms with Crippen LogP contribution in [-0.2, 0) is 4.79 Å². The monoisotopic (exact) mass is 328 g/mol. The van der Waals surface area contributed by atoms with Crippen molar-refractivity contribution in [3.8, 4) is 0 Å². The van der Waals surface area contributed by atoms with Crippen molar-refractivity contribution < 1.29 is 13.6 Å². The second-order valence-corrected chi connectivity index (χ2v) is 5.94. The topological polar surface area (TPSA) is 32.3 Å². The van der Waals surface area contributed by atoms with Crippen LogP contribution in [0.4, 0.5) is 13.8 Å². The number of hydrogen-bond donors (Lipinski definition) is 1. The first kappa shape index (κ1) is 18.4. The lowest BCUT2D eigenvalue weighted by atomic mass is 10.1. The van der Waals surface area contributed by atoms with Crippen molar-refractivity contribution in [1.82, 2.24) is 5.32 Å². The van der Waals surface area contributed by atoms with Crippen LogP contribution >= 0.6 is 11.3 Å². The van der Waals surface area contributed by atoms with Gasteiger partial charge >= 0.3 is 0 Å². The lowest BCUT2D eigenvalue weighted by Gasteiger charge is -2.24. The lowest BCUT2D eigenvalue weighted by molar-refractivity contribution is -0.108. The van der Waals surface area contributed by atoms with Crippen LogP contribution in [0.1, 0.15) is 35.8 Å². The van der Waals surface area contributed by atoms with E-state index in [1.54, 1.807) is 11.0 Å². The Balaban J connectivity index is 3.29. The van der Waals surface area contributed by atoms with Crippen LogP contribution in [0.15, 0.2) is 13.2 Å². The third-order valence-corrected chi connectivity index (χ3v) is 4.66. The first-order valence-corrected chi connectivity index (χ1v) is 7.96. The summed E-state index contributed by atoms with van der Waals surface area (Å²) in [5.74, 6) is 0. The molecule has 0 spiro atoms. The van der Waals surface area contributed by atoms with Crippen LogP contribution in [0.3, 0.4) is 0 Å². The number of thiophene rings is 1. The van der Waals surface area contributed by atoms with E-state index < -0.39 is 6.43 Å². The van der Waals surface area contributed by atoms with Gasteiger partial charge in [0.25, 0.3) is 6.43 Å². The molecule has 3 nitrogen and oxygen atoms in total. The zero-order valence-corrected chi connectivity index (χ0v) is 13.8. The maximum absolute atomic E-state index is 12.9. The van der Waals surface area contributed by atoms with Gasteiger partial charge in [0.2, 0.25) is 6.41 Å². The van der Waals surface area contributed by atoms with Crippen LogP contribution in [0.2, 0.25) is 0 Å². The SMILES string of the molecule is C=Cc1sc(N(CCCC)CC(F)F)c(C(=C)NC=O)c1C. The van der Waals surface area contributed by atoms with Crippen LogP contribution in [0.5, 0.6) is 0 Å². The Morgan fingerprint density at radius 3 is 2.68 bits per heavy atom. The average molecular weight is 328 g/mol. The molecular weight excluding hydrogens is 306 g/mol. The van der Waals surface area contributed by atoms with Crippen molar-refractivity contribution in [3.05, 3.63) is 29.2 Å². The van der Waals surface area contributed by atoms with Crippen LogP contribution < -0.4 is 10.2 Å². The maximum atomic E-state index is 12.9. The molecule has 0 atom stereocenters. The smallest absolute Gasteiger partial charge is 0.255 e. The quantitative estimate of drug-likeness (QED) is 0.650. The van der Waals surface area contributed by atoms with Gasteiger partial charge in [-0.1, -0.05) is 32.6 Å². The fourth-order valence-electron chi connectivity index (χ4n) is 2.22. The largest absolute Gasteiger partial charge is 0.357 e. The summed E-state index contributed by atoms with van der Waals surface area (Å²) in [4.78, 5) is 13.3. The molecule has 0 fully saturated rings. The number of nitrogens with zero attached hydrogens (tertiary/aromatic N) is 1. The number of amides is 1. The van der Waals surface area contributed by atoms with Crippen LogP contribution in [-0.4, -0.2) is 25.9 Å². The number of nitrogens with one attached hydrogen (secondary N) is 1. The van der Waals surface area contributed by atoms with Crippen LogP contribution in [0.25, 0.3) is 11.8 Å².